The summed E-state index contributed by atoms with van der Waals surface area (Å²) in [6.45, 7) is 5.28. The maximum Gasteiger partial charge on any atom is 0.330 e. The van der Waals surface area contributed by atoms with Crippen molar-refractivity contribution in [3.05, 3.63) is 26.7 Å². The van der Waals surface area contributed by atoms with Crippen molar-refractivity contribution >= 4 is 11.2 Å². The molecule has 0 aromatic carbocycles. The third kappa shape index (κ3) is 1.98. The Hall–Kier alpha value is -1.89. The lowest BCUT2D eigenvalue weighted by atomic mass is 10.0. The summed E-state index contributed by atoms with van der Waals surface area (Å²) in [5.41, 5.74) is -0.0846. The lowest BCUT2D eigenvalue weighted by molar-refractivity contribution is 0.0882. The van der Waals surface area contributed by atoms with Crippen molar-refractivity contribution < 1.29 is 4.74 Å². The van der Waals surface area contributed by atoms with Gasteiger partial charge in [-0.2, -0.15) is 0 Å². The van der Waals surface area contributed by atoms with Crippen LogP contribution in [-0.4, -0.2) is 26.1 Å². The molecule has 2 aromatic heterocycles. The van der Waals surface area contributed by atoms with E-state index in [1.54, 1.807) is 0 Å². The van der Waals surface area contributed by atoms with Crippen LogP contribution in [0.2, 0.25) is 0 Å². The second kappa shape index (κ2) is 4.90. The molecule has 3 heterocycles. The van der Waals surface area contributed by atoms with E-state index in [0.717, 1.165) is 12.8 Å². The van der Waals surface area contributed by atoms with Crippen LogP contribution in [0, 0.1) is 5.92 Å². The van der Waals surface area contributed by atoms with Crippen molar-refractivity contribution in [3.63, 3.8) is 0 Å². The van der Waals surface area contributed by atoms with Crippen LogP contribution in [0.3, 0.4) is 0 Å². The summed E-state index contributed by atoms with van der Waals surface area (Å²) in [5.74, 6) is 0.979. The van der Waals surface area contributed by atoms with Crippen molar-refractivity contribution in [2.45, 2.75) is 39.3 Å². The van der Waals surface area contributed by atoms with E-state index in [4.69, 9.17) is 4.74 Å². The minimum Gasteiger partial charge on any atom is -0.370 e. The summed E-state index contributed by atoms with van der Waals surface area (Å²) in [7, 11) is 0. The van der Waals surface area contributed by atoms with Gasteiger partial charge < -0.3 is 9.72 Å². The predicted octanol–water partition coefficient (Wildman–Crippen LogP) is 0.920. The first-order valence-corrected chi connectivity index (χ1v) is 6.96. The molecule has 0 bridgehead atoms. The second-order valence-corrected chi connectivity index (χ2v) is 5.29. The highest BCUT2D eigenvalue weighted by atomic mass is 16.5. The van der Waals surface area contributed by atoms with Gasteiger partial charge in [0, 0.05) is 13.2 Å². The molecule has 2 atom stereocenters. The molecule has 3 rings (SSSR count). The Morgan fingerprint density at radius 1 is 1.40 bits per heavy atom. The number of imidazole rings is 1. The van der Waals surface area contributed by atoms with E-state index >= 15 is 0 Å². The number of nitrogens with zero attached hydrogens (tertiary/aromatic N) is 2. The van der Waals surface area contributed by atoms with E-state index in [0.29, 0.717) is 36.1 Å². The Balaban J connectivity index is 2.19. The fourth-order valence-corrected chi connectivity index (χ4v) is 2.67. The zero-order chi connectivity index (χ0) is 14.3. The van der Waals surface area contributed by atoms with Gasteiger partial charge in [0.25, 0.3) is 5.56 Å². The van der Waals surface area contributed by atoms with Crippen LogP contribution in [0.1, 0.15) is 38.6 Å². The number of fused-ring (bicyclic) bond motifs is 1. The first-order valence-electron chi connectivity index (χ1n) is 6.96. The molecule has 0 aliphatic carbocycles. The van der Waals surface area contributed by atoms with E-state index < -0.39 is 11.2 Å². The quantitative estimate of drug-likeness (QED) is 0.873. The molecule has 0 saturated carbocycles. The summed E-state index contributed by atoms with van der Waals surface area (Å²) in [5, 5.41) is 0. The maximum atomic E-state index is 11.9. The van der Waals surface area contributed by atoms with Crippen LogP contribution in [0.15, 0.2) is 9.59 Å². The number of aromatic nitrogens is 4. The number of aryl methyl sites for hydroxylation is 1. The average molecular weight is 278 g/mol. The summed E-state index contributed by atoms with van der Waals surface area (Å²) < 4.78 is 7.15. The summed E-state index contributed by atoms with van der Waals surface area (Å²) in [4.78, 5) is 33.5. The molecule has 2 unspecified atom stereocenters. The van der Waals surface area contributed by atoms with Gasteiger partial charge in [-0.3, -0.25) is 14.3 Å². The van der Waals surface area contributed by atoms with Crippen molar-refractivity contribution in [2.24, 2.45) is 5.92 Å². The third-order valence-electron chi connectivity index (χ3n) is 3.76. The summed E-state index contributed by atoms with van der Waals surface area (Å²) >= 11 is 0. The van der Waals surface area contributed by atoms with E-state index in [-0.39, 0.29) is 6.10 Å². The number of rotatable bonds is 3. The van der Waals surface area contributed by atoms with E-state index in [1.807, 2.05) is 6.92 Å². The van der Waals surface area contributed by atoms with Gasteiger partial charge >= 0.3 is 5.69 Å². The Morgan fingerprint density at radius 3 is 2.85 bits per heavy atom. The van der Waals surface area contributed by atoms with Crippen LogP contribution < -0.4 is 11.2 Å². The second-order valence-electron chi connectivity index (χ2n) is 5.29. The van der Waals surface area contributed by atoms with Gasteiger partial charge in [0.05, 0.1) is 0 Å². The maximum absolute atomic E-state index is 11.9. The minimum atomic E-state index is -0.429. The summed E-state index contributed by atoms with van der Waals surface area (Å²) in [6, 6.07) is 0. The highest BCUT2D eigenvalue weighted by molar-refractivity contribution is 5.69. The normalized spacial score (nSPS) is 22.7. The van der Waals surface area contributed by atoms with Crippen molar-refractivity contribution in [3.8, 4) is 0 Å². The lowest BCUT2D eigenvalue weighted by Crippen LogP contribution is -2.30. The molecule has 0 spiro atoms. The fraction of sp³-hybridized carbons (Fsp3) is 0.615. The highest BCUT2D eigenvalue weighted by Gasteiger charge is 2.29. The molecule has 0 radical (unpaired) electrons. The van der Waals surface area contributed by atoms with Gasteiger partial charge in [0.15, 0.2) is 5.65 Å². The van der Waals surface area contributed by atoms with E-state index in [9.17, 15) is 9.59 Å². The van der Waals surface area contributed by atoms with E-state index in [1.165, 1.54) is 4.57 Å². The molecular formula is C13H18N4O3. The minimum absolute atomic E-state index is 0.132. The largest absolute Gasteiger partial charge is 0.370 e. The summed E-state index contributed by atoms with van der Waals surface area (Å²) in [6.07, 6.45) is 1.63. The monoisotopic (exact) mass is 278 g/mol. The molecule has 1 fully saturated rings. The zero-order valence-corrected chi connectivity index (χ0v) is 11.6. The Bertz CT molecular complexity index is 742. The van der Waals surface area contributed by atoms with Gasteiger partial charge in [-0.05, 0) is 18.8 Å². The molecular weight excluding hydrogens is 260 g/mol. The molecule has 20 heavy (non-hydrogen) atoms. The first-order chi connectivity index (χ1) is 9.61. The number of aromatic amines is 2. The van der Waals surface area contributed by atoms with Crippen LogP contribution >= 0.6 is 0 Å². The molecule has 2 aromatic rings. The molecule has 1 aliphatic heterocycles. The molecule has 1 saturated heterocycles. The van der Waals surface area contributed by atoms with Crippen LogP contribution in [0.4, 0.5) is 0 Å². The van der Waals surface area contributed by atoms with Gasteiger partial charge in [0.2, 0.25) is 0 Å². The smallest absolute Gasteiger partial charge is 0.330 e. The van der Waals surface area contributed by atoms with E-state index in [2.05, 4.69) is 21.9 Å². The predicted molar refractivity (Wildman–Crippen MR) is 73.7 cm³/mol. The molecule has 7 nitrogen and oxygen atoms in total. The molecule has 0 amide bonds. The standard InChI is InChI=1S/C13H18N4O3/c1-3-5-17-11-8(12(18)16-13(17)19)14-10(15-11)9-7(2)4-6-20-9/h7,9H,3-6H2,1-2H3,(H,14,15)(H,16,18,19). The molecule has 1 aliphatic rings. The third-order valence-corrected chi connectivity index (χ3v) is 3.76. The molecule has 2 N–H and O–H groups in total. The number of hydrogen-bond donors (Lipinski definition) is 2. The Kier molecular flexibility index (Phi) is 3.21. The Labute approximate surface area is 115 Å². The van der Waals surface area contributed by atoms with Gasteiger partial charge in [-0.25, -0.2) is 9.78 Å². The number of H-pyrrole nitrogens is 2. The average Bonchev–Trinajstić information content (AvgIpc) is 3.00. The van der Waals surface area contributed by atoms with Crippen molar-refractivity contribution in [1.29, 1.82) is 0 Å². The first kappa shape index (κ1) is 13.1. The number of ether oxygens (including phenoxy) is 1. The zero-order valence-electron chi connectivity index (χ0n) is 11.6. The molecule has 7 heteroatoms. The van der Waals surface area contributed by atoms with Crippen LogP contribution in [-0.2, 0) is 11.3 Å². The van der Waals surface area contributed by atoms with Crippen molar-refractivity contribution in [1.82, 2.24) is 19.5 Å². The number of hydrogen-bond acceptors (Lipinski definition) is 4. The highest BCUT2D eigenvalue weighted by Crippen LogP contribution is 2.32. The number of nitrogens with one attached hydrogen (secondary N) is 2. The van der Waals surface area contributed by atoms with Gasteiger partial charge in [-0.15, -0.1) is 0 Å². The lowest BCUT2D eigenvalue weighted by Gasteiger charge is -2.10. The fourth-order valence-electron chi connectivity index (χ4n) is 2.67. The Morgan fingerprint density at radius 2 is 2.20 bits per heavy atom. The SMILES string of the molecule is CCCn1c(=O)[nH]c(=O)c2[nH]c(C3OCCC3C)nc21. The van der Waals surface area contributed by atoms with Gasteiger partial charge in [0.1, 0.15) is 17.4 Å². The van der Waals surface area contributed by atoms with Gasteiger partial charge in [-0.1, -0.05) is 13.8 Å². The molecule has 108 valence electrons. The topological polar surface area (TPSA) is 92.8 Å². The van der Waals surface area contributed by atoms with Crippen molar-refractivity contribution in [2.75, 3.05) is 6.61 Å². The van der Waals surface area contributed by atoms with Crippen LogP contribution in [0.25, 0.3) is 11.2 Å². The van der Waals surface area contributed by atoms with Crippen LogP contribution in [0.5, 0.6) is 0 Å².